The fourth-order valence-electron chi connectivity index (χ4n) is 3.94. The molecule has 0 spiro atoms. The molecular formula is C27H40N6O2. The third kappa shape index (κ3) is 7.66. The summed E-state index contributed by atoms with van der Waals surface area (Å²) >= 11 is 0. The number of aryl methyl sites for hydroxylation is 1. The van der Waals surface area contributed by atoms with Gasteiger partial charge < -0.3 is 19.9 Å². The number of anilines is 3. The third-order valence-corrected chi connectivity index (χ3v) is 5.82. The lowest BCUT2D eigenvalue weighted by Crippen LogP contribution is -2.36. The molecule has 190 valence electrons. The van der Waals surface area contributed by atoms with Gasteiger partial charge in [-0.05, 0) is 51.3 Å². The highest BCUT2D eigenvalue weighted by atomic mass is 16.5. The van der Waals surface area contributed by atoms with Gasteiger partial charge in [-0.2, -0.15) is 15.2 Å². The van der Waals surface area contributed by atoms with Crippen LogP contribution in [0, 0.1) is 24.2 Å². The Bertz CT molecular complexity index is 1040. The van der Waals surface area contributed by atoms with E-state index in [4.69, 9.17) is 4.74 Å². The number of hydrogen-bond acceptors (Lipinski definition) is 8. The molecule has 1 aliphatic heterocycles. The Kier molecular flexibility index (Phi) is 10.5. The number of benzene rings is 1. The van der Waals surface area contributed by atoms with Crippen LogP contribution in [0.3, 0.4) is 0 Å². The maximum atomic E-state index is 11.9. The van der Waals surface area contributed by atoms with Crippen molar-refractivity contribution in [1.82, 2.24) is 14.9 Å². The lowest BCUT2D eigenvalue weighted by atomic mass is 10.1. The van der Waals surface area contributed by atoms with Crippen LogP contribution in [0.4, 0.5) is 17.3 Å². The number of carbonyl (C=O) groups is 1. The second-order valence-electron chi connectivity index (χ2n) is 9.27. The van der Waals surface area contributed by atoms with Crippen LogP contribution < -0.4 is 15.0 Å². The summed E-state index contributed by atoms with van der Waals surface area (Å²) in [6.45, 7) is 14.4. The van der Waals surface area contributed by atoms with Crippen molar-refractivity contribution >= 4 is 23.1 Å². The highest BCUT2D eigenvalue weighted by molar-refractivity contribution is 5.95. The zero-order valence-electron chi connectivity index (χ0n) is 22.5. The lowest BCUT2D eigenvalue weighted by molar-refractivity contribution is 0.101. The summed E-state index contributed by atoms with van der Waals surface area (Å²) in [7, 11) is 4.03. The number of piperidine rings is 1. The van der Waals surface area contributed by atoms with Gasteiger partial charge in [0.2, 0.25) is 0 Å². The SMILES string of the molecule is CC.CC(=O)c1ccc(C)c(Nc2nc(OC3CCN(C)CC3)nc(N(C)CC(C)C)c2C#N)c1. The summed E-state index contributed by atoms with van der Waals surface area (Å²) in [6.07, 6.45) is 1.84. The molecule has 1 aromatic carbocycles. The molecule has 1 saturated heterocycles. The van der Waals surface area contributed by atoms with Gasteiger partial charge in [-0.3, -0.25) is 4.79 Å². The van der Waals surface area contributed by atoms with Crippen molar-refractivity contribution in [2.24, 2.45) is 5.92 Å². The van der Waals surface area contributed by atoms with Gasteiger partial charge in [0.1, 0.15) is 17.7 Å². The molecule has 0 saturated carbocycles. The van der Waals surface area contributed by atoms with E-state index in [1.165, 1.54) is 6.92 Å². The van der Waals surface area contributed by atoms with Gasteiger partial charge in [-0.25, -0.2) is 0 Å². The van der Waals surface area contributed by atoms with Gasteiger partial charge in [-0.15, -0.1) is 0 Å². The van der Waals surface area contributed by atoms with Gasteiger partial charge in [0.05, 0.1) is 0 Å². The van der Waals surface area contributed by atoms with Crippen LogP contribution in [-0.2, 0) is 0 Å². The van der Waals surface area contributed by atoms with E-state index in [1.54, 1.807) is 12.1 Å². The summed E-state index contributed by atoms with van der Waals surface area (Å²) in [4.78, 5) is 25.4. The number of rotatable bonds is 8. The predicted octanol–water partition coefficient (Wildman–Crippen LogP) is 5.19. The van der Waals surface area contributed by atoms with Crippen LogP contribution in [0.2, 0.25) is 0 Å². The van der Waals surface area contributed by atoms with E-state index in [1.807, 2.05) is 38.8 Å². The molecule has 1 N–H and O–H groups in total. The zero-order chi connectivity index (χ0) is 26.1. The van der Waals surface area contributed by atoms with Crippen LogP contribution in [0.1, 0.15) is 68.9 Å². The molecule has 0 aliphatic carbocycles. The number of hydrogen-bond donors (Lipinski definition) is 1. The smallest absolute Gasteiger partial charge is 0.320 e. The number of Topliss-reactive ketones (excluding diaryl/α,β-unsaturated/α-hetero) is 1. The van der Waals surface area contributed by atoms with E-state index in [-0.39, 0.29) is 17.9 Å². The summed E-state index contributed by atoms with van der Waals surface area (Å²) in [5.74, 6) is 1.28. The monoisotopic (exact) mass is 480 g/mol. The van der Waals surface area contributed by atoms with Gasteiger partial charge in [0.15, 0.2) is 17.4 Å². The zero-order valence-corrected chi connectivity index (χ0v) is 22.5. The highest BCUT2D eigenvalue weighted by Gasteiger charge is 2.23. The molecule has 0 unspecified atom stereocenters. The second-order valence-corrected chi connectivity index (χ2v) is 9.27. The molecule has 0 atom stereocenters. The molecule has 1 fully saturated rings. The topological polar surface area (TPSA) is 94.4 Å². The van der Waals surface area contributed by atoms with Crippen molar-refractivity contribution in [3.8, 4) is 12.1 Å². The minimum absolute atomic E-state index is 0.0233. The number of carbonyl (C=O) groups excluding carboxylic acids is 1. The Hall–Kier alpha value is -3.18. The molecule has 1 aromatic heterocycles. The van der Waals surface area contributed by atoms with Crippen LogP contribution in [0.15, 0.2) is 18.2 Å². The summed E-state index contributed by atoms with van der Waals surface area (Å²) in [6, 6.07) is 8.00. The molecule has 2 aromatic rings. The summed E-state index contributed by atoms with van der Waals surface area (Å²) < 4.78 is 6.19. The molecule has 8 heteroatoms. The number of nitrogens with zero attached hydrogens (tertiary/aromatic N) is 5. The molecule has 2 heterocycles. The van der Waals surface area contributed by atoms with Crippen LogP contribution in [0.5, 0.6) is 6.01 Å². The fourth-order valence-corrected chi connectivity index (χ4v) is 3.94. The van der Waals surface area contributed by atoms with Gasteiger partial charge >= 0.3 is 6.01 Å². The van der Waals surface area contributed by atoms with Crippen LogP contribution in [-0.4, -0.2) is 60.5 Å². The number of aromatic nitrogens is 2. The standard InChI is InChI=1S/C25H34N6O2.C2H6/c1-16(2)15-31(6)24-21(14-26)23(27-22-13-19(18(4)32)8-7-17(22)3)28-25(29-24)33-20-9-11-30(5)12-10-20;1-2/h7-8,13,16,20H,9-12,15H2,1-6H3,(H,27,28,29);1-2H3. The van der Waals surface area contributed by atoms with E-state index in [2.05, 4.69) is 47.1 Å². The highest BCUT2D eigenvalue weighted by Crippen LogP contribution is 2.31. The van der Waals surface area contributed by atoms with Crippen LogP contribution >= 0.6 is 0 Å². The van der Waals surface area contributed by atoms with Crippen molar-refractivity contribution in [3.63, 3.8) is 0 Å². The first kappa shape index (κ1) is 28.1. The Balaban J connectivity index is 0.00000210. The lowest BCUT2D eigenvalue weighted by Gasteiger charge is -2.29. The van der Waals surface area contributed by atoms with Crippen molar-refractivity contribution in [2.45, 2.75) is 60.5 Å². The van der Waals surface area contributed by atoms with E-state index >= 15 is 0 Å². The second kappa shape index (κ2) is 13.1. The average Bonchev–Trinajstić information content (AvgIpc) is 2.82. The minimum atomic E-state index is -0.0233. The first-order chi connectivity index (χ1) is 16.7. The summed E-state index contributed by atoms with van der Waals surface area (Å²) in [5.41, 5.74) is 2.61. The first-order valence-corrected chi connectivity index (χ1v) is 12.4. The van der Waals surface area contributed by atoms with Gasteiger partial charge in [0, 0.05) is 37.9 Å². The van der Waals surface area contributed by atoms with E-state index < -0.39 is 0 Å². The molecule has 0 amide bonds. The fraction of sp³-hybridized carbons (Fsp3) is 0.556. The Morgan fingerprint density at radius 1 is 1.29 bits per heavy atom. The number of likely N-dealkylation sites (tertiary alicyclic amines) is 1. The largest absolute Gasteiger partial charge is 0.460 e. The van der Waals surface area contributed by atoms with E-state index in [0.717, 1.165) is 43.7 Å². The van der Waals surface area contributed by atoms with Crippen molar-refractivity contribution in [2.75, 3.05) is 43.9 Å². The molecule has 8 nitrogen and oxygen atoms in total. The minimum Gasteiger partial charge on any atom is -0.460 e. The normalized spacial score (nSPS) is 14.1. The molecule has 0 radical (unpaired) electrons. The van der Waals surface area contributed by atoms with Gasteiger partial charge in [0.25, 0.3) is 0 Å². The predicted molar refractivity (Wildman–Crippen MR) is 142 cm³/mol. The van der Waals surface area contributed by atoms with E-state index in [9.17, 15) is 10.1 Å². The maximum absolute atomic E-state index is 11.9. The van der Waals surface area contributed by atoms with E-state index in [0.29, 0.717) is 28.7 Å². The molecule has 35 heavy (non-hydrogen) atoms. The van der Waals surface area contributed by atoms with Crippen LogP contribution in [0.25, 0.3) is 0 Å². The van der Waals surface area contributed by atoms with Crippen molar-refractivity contribution in [3.05, 3.63) is 34.9 Å². The van der Waals surface area contributed by atoms with Crippen molar-refractivity contribution < 1.29 is 9.53 Å². The Morgan fingerprint density at radius 3 is 2.51 bits per heavy atom. The average molecular weight is 481 g/mol. The quantitative estimate of drug-likeness (QED) is 0.516. The summed E-state index contributed by atoms with van der Waals surface area (Å²) in [5, 5.41) is 13.3. The maximum Gasteiger partial charge on any atom is 0.320 e. The molecule has 3 rings (SSSR count). The first-order valence-electron chi connectivity index (χ1n) is 12.4. The number of ketones is 1. The van der Waals surface area contributed by atoms with Gasteiger partial charge in [-0.1, -0.05) is 39.8 Å². The number of ether oxygens (including phenoxy) is 1. The molecule has 0 bridgehead atoms. The Labute approximate surface area is 210 Å². The third-order valence-electron chi connectivity index (χ3n) is 5.82. The molecule has 1 aliphatic rings. The molecular weight excluding hydrogens is 440 g/mol. The number of nitriles is 1. The number of nitrogens with one attached hydrogen (secondary N) is 1. The van der Waals surface area contributed by atoms with Crippen molar-refractivity contribution in [1.29, 1.82) is 5.26 Å². The Morgan fingerprint density at radius 2 is 1.94 bits per heavy atom.